The molecule has 1 aromatic heterocycles. The predicted octanol–water partition coefficient (Wildman–Crippen LogP) is 4.21. The quantitative estimate of drug-likeness (QED) is 0.872. The zero-order chi connectivity index (χ0) is 14.5. The Morgan fingerprint density at radius 3 is 2.85 bits per heavy atom. The maximum absolute atomic E-state index is 6.09. The number of benzene rings is 1. The van der Waals surface area contributed by atoms with E-state index in [4.69, 9.17) is 16.3 Å². The van der Waals surface area contributed by atoms with Crippen molar-refractivity contribution in [3.63, 3.8) is 0 Å². The summed E-state index contributed by atoms with van der Waals surface area (Å²) in [7, 11) is 1.62. The van der Waals surface area contributed by atoms with Gasteiger partial charge in [0, 0.05) is 10.7 Å². The lowest BCUT2D eigenvalue weighted by Crippen LogP contribution is -2.23. The summed E-state index contributed by atoms with van der Waals surface area (Å²) in [4.78, 5) is 4.47. The number of hydrogen-bond acceptors (Lipinski definition) is 3. The molecule has 2 aromatic rings. The fourth-order valence-corrected chi connectivity index (χ4v) is 2.72. The van der Waals surface area contributed by atoms with Crippen molar-refractivity contribution in [3.8, 4) is 5.75 Å². The highest BCUT2D eigenvalue weighted by Crippen LogP contribution is 2.32. The van der Waals surface area contributed by atoms with Crippen LogP contribution in [0.4, 0.5) is 0 Å². The van der Waals surface area contributed by atoms with E-state index in [-0.39, 0.29) is 6.04 Å². The Kier molecular flexibility index (Phi) is 5.40. The lowest BCUT2D eigenvalue weighted by Gasteiger charge is -2.20. The number of ether oxygens (including phenoxy) is 1. The molecule has 2 rings (SSSR count). The summed E-state index contributed by atoms with van der Waals surface area (Å²) in [5, 5.41) is 4.04. The Bertz CT molecular complexity index is 592. The summed E-state index contributed by atoms with van der Waals surface area (Å²) in [5.41, 5.74) is 2.01. The van der Waals surface area contributed by atoms with E-state index in [9.17, 15) is 0 Å². The van der Waals surface area contributed by atoms with Crippen LogP contribution in [0.2, 0.25) is 5.02 Å². The second-order valence-corrected chi connectivity index (χ2v) is 5.52. The van der Waals surface area contributed by atoms with E-state index in [0.717, 1.165) is 22.3 Å². The maximum atomic E-state index is 6.09. The van der Waals surface area contributed by atoms with Gasteiger partial charge < -0.3 is 10.1 Å². The first kappa shape index (κ1) is 15.3. The molecule has 0 aliphatic rings. The first-order chi connectivity index (χ1) is 9.67. The Morgan fingerprint density at radius 2 is 2.20 bits per heavy atom. The molecule has 20 heavy (non-hydrogen) atoms. The minimum atomic E-state index is -0.0123. The van der Waals surface area contributed by atoms with E-state index < -0.39 is 0 Å². The lowest BCUT2D eigenvalue weighted by atomic mass is 10.0. The Hall–Kier alpha value is -1.10. The van der Waals surface area contributed by atoms with Gasteiger partial charge >= 0.3 is 0 Å². The largest absolute Gasteiger partial charge is 0.495 e. The Balaban J connectivity index is 2.46. The molecule has 0 amide bonds. The third-order valence-electron chi connectivity index (χ3n) is 2.98. The number of halogens is 2. The SMILES string of the molecule is CCNC(c1ccc(Cl)c(OC)c1)c1ncccc1Br. The van der Waals surface area contributed by atoms with Crippen molar-refractivity contribution in [3.05, 3.63) is 57.3 Å². The fraction of sp³-hybridized carbons (Fsp3) is 0.267. The van der Waals surface area contributed by atoms with Gasteiger partial charge in [-0.1, -0.05) is 24.6 Å². The highest BCUT2D eigenvalue weighted by atomic mass is 79.9. The van der Waals surface area contributed by atoms with Gasteiger partial charge in [-0.25, -0.2) is 0 Å². The molecule has 0 fully saturated rings. The molecule has 0 saturated carbocycles. The molecule has 0 bridgehead atoms. The van der Waals surface area contributed by atoms with Gasteiger partial charge in [-0.15, -0.1) is 0 Å². The molecule has 1 aromatic carbocycles. The normalized spacial score (nSPS) is 12.2. The number of pyridine rings is 1. The molecule has 3 nitrogen and oxygen atoms in total. The van der Waals surface area contributed by atoms with Gasteiger partial charge in [0.15, 0.2) is 0 Å². The van der Waals surface area contributed by atoms with Crippen molar-refractivity contribution in [2.45, 2.75) is 13.0 Å². The summed E-state index contributed by atoms with van der Waals surface area (Å²) in [6.45, 7) is 2.90. The van der Waals surface area contributed by atoms with E-state index in [1.54, 1.807) is 13.3 Å². The number of nitrogens with zero attached hydrogens (tertiary/aromatic N) is 1. The molecular formula is C15H16BrClN2O. The van der Waals surface area contributed by atoms with Crippen LogP contribution in [0.3, 0.4) is 0 Å². The molecule has 1 N–H and O–H groups in total. The fourth-order valence-electron chi connectivity index (χ4n) is 2.04. The minimum Gasteiger partial charge on any atom is -0.495 e. The highest BCUT2D eigenvalue weighted by molar-refractivity contribution is 9.10. The van der Waals surface area contributed by atoms with E-state index in [2.05, 4.69) is 33.2 Å². The van der Waals surface area contributed by atoms with Crippen LogP contribution in [0.5, 0.6) is 5.75 Å². The number of methoxy groups -OCH3 is 1. The average Bonchev–Trinajstić information content (AvgIpc) is 2.46. The molecule has 1 unspecified atom stereocenters. The highest BCUT2D eigenvalue weighted by Gasteiger charge is 2.18. The van der Waals surface area contributed by atoms with Crippen LogP contribution < -0.4 is 10.1 Å². The molecule has 5 heteroatoms. The van der Waals surface area contributed by atoms with Crippen molar-refractivity contribution in [1.82, 2.24) is 10.3 Å². The molecule has 0 aliphatic carbocycles. The van der Waals surface area contributed by atoms with E-state index >= 15 is 0 Å². The monoisotopic (exact) mass is 354 g/mol. The Morgan fingerprint density at radius 1 is 1.40 bits per heavy atom. The van der Waals surface area contributed by atoms with Gasteiger partial charge in [0.1, 0.15) is 5.75 Å². The summed E-state index contributed by atoms with van der Waals surface area (Å²) in [6.07, 6.45) is 1.79. The topological polar surface area (TPSA) is 34.1 Å². The molecule has 106 valence electrons. The van der Waals surface area contributed by atoms with Crippen molar-refractivity contribution in [2.24, 2.45) is 0 Å². The summed E-state index contributed by atoms with van der Waals surface area (Å²) >= 11 is 9.64. The van der Waals surface area contributed by atoms with Crippen LogP contribution in [0.15, 0.2) is 41.0 Å². The van der Waals surface area contributed by atoms with E-state index in [1.807, 2.05) is 30.3 Å². The lowest BCUT2D eigenvalue weighted by molar-refractivity contribution is 0.414. The zero-order valence-corrected chi connectivity index (χ0v) is 13.7. The Labute approximate surface area is 132 Å². The number of hydrogen-bond donors (Lipinski definition) is 1. The van der Waals surface area contributed by atoms with Crippen LogP contribution in [0.1, 0.15) is 24.2 Å². The maximum Gasteiger partial charge on any atom is 0.137 e. The second-order valence-electron chi connectivity index (χ2n) is 4.26. The van der Waals surface area contributed by atoms with Gasteiger partial charge in [0.05, 0.1) is 23.9 Å². The van der Waals surface area contributed by atoms with Crippen LogP contribution in [-0.4, -0.2) is 18.6 Å². The molecule has 1 atom stereocenters. The van der Waals surface area contributed by atoms with Crippen molar-refractivity contribution >= 4 is 27.5 Å². The zero-order valence-electron chi connectivity index (χ0n) is 11.4. The second kappa shape index (κ2) is 7.07. The van der Waals surface area contributed by atoms with Crippen molar-refractivity contribution in [2.75, 3.05) is 13.7 Å². The smallest absolute Gasteiger partial charge is 0.137 e. The number of nitrogens with one attached hydrogen (secondary N) is 1. The van der Waals surface area contributed by atoms with Crippen molar-refractivity contribution < 1.29 is 4.74 Å². The van der Waals surface area contributed by atoms with Gasteiger partial charge in [0.25, 0.3) is 0 Å². The molecule has 0 radical (unpaired) electrons. The average molecular weight is 356 g/mol. The van der Waals surface area contributed by atoms with Crippen LogP contribution >= 0.6 is 27.5 Å². The third kappa shape index (κ3) is 3.32. The molecule has 0 saturated heterocycles. The van der Waals surface area contributed by atoms with Crippen LogP contribution in [-0.2, 0) is 0 Å². The first-order valence-corrected chi connectivity index (χ1v) is 7.51. The molecule has 0 spiro atoms. The van der Waals surface area contributed by atoms with E-state index in [1.165, 1.54) is 0 Å². The van der Waals surface area contributed by atoms with Crippen molar-refractivity contribution in [1.29, 1.82) is 0 Å². The number of rotatable bonds is 5. The summed E-state index contributed by atoms with van der Waals surface area (Å²) in [6, 6.07) is 9.65. The molecule has 1 heterocycles. The molecule has 0 aliphatic heterocycles. The number of aromatic nitrogens is 1. The van der Waals surface area contributed by atoms with Gasteiger partial charge in [-0.05, 0) is 52.3 Å². The predicted molar refractivity (Wildman–Crippen MR) is 85.5 cm³/mol. The van der Waals surface area contributed by atoms with E-state index in [0.29, 0.717) is 10.8 Å². The standard InChI is InChI=1S/C15H16BrClN2O/c1-3-18-14(15-11(16)5-4-8-19-15)10-6-7-12(17)13(9-10)20-2/h4-9,14,18H,3H2,1-2H3. The minimum absolute atomic E-state index is 0.0123. The first-order valence-electron chi connectivity index (χ1n) is 6.34. The third-order valence-corrected chi connectivity index (χ3v) is 3.96. The summed E-state index contributed by atoms with van der Waals surface area (Å²) in [5.74, 6) is 0.666. The van der Waals surface area contributed by atoms with Crippen LogP contribution in [0, 0.1) is 0 Å². The van der Waals surface area contributed by atoms with Crippen LogP contribution in [0.25, 0.3) is 0 Å². The van der Waals surface area contributed by atoms with Gasteiger partial charge in [-0.3, -0.25) is 4.98 Å². The van der Waals surface area contributed by atoms with Gasteiger partial charge in [0.2, 0.25) is 0 Å². The summed E-state index contributed by atoms with van der Waals surface area (Å²) < 4.78 is 6.26. The molecular weight excluding hydrogens is 340 g/mol. The van der Waals surface area contributed by atoms with Gasteiger partial charge in [-0.2, -0.15) is 0 Å².